The van der Waals surface area contributed by atoms with Crippen LogP contribution in [0.1, 0.15) is 47.2 Å². The zero-order chi connectivity index (χ0) is 47.7. The minimum Gasteiger partial charge on any atom is -0.456 e. The van der Waals surface area contributed by atoms with E-state index in [4.69, 9.17) is 4.42 Å². The molecule has 1 aromatic heterocycles. The third-order valence-electron chi connectivity index (χ3n) is 16.2. The van der Waals surface area contributed by atoms with E-state index in [1.54, 1.807) is 0 Å². The second-order valence-electron chi connectivity index (χ2n) is 20.3. The van der Waals surface area contributed by atoms with Crippen LogP contribution in [0.15, 0.2) is 253 Å². The maximum absolute atomic E-state index is 6.62. The van der Waals surface area contributed by atoms with Crippen molar-refractivity contribution in [3.05, 3.63) is 282 Å². The van der Waals surface area contributed by atoms with Gasteiger partial charge in [0.15, 0.2) is 0 Å². The van der Waals surface area contributed by atoms with Gasteiger partial charge >= 0.3 is 0 Å². The molecular formula is C70H47NO. The normalized spacial score (nSPS) is 13.9. The molecule has 0 atom stereocenters. The van der Waals surface area contributed by atoms with Crippen LogP contribution < -0.4 is 4.90 Å². The van der Waals surface area contributed by atoms with Crippen molar-refractivity contribution < 1.29 is 4.42 Å². The molecule has 0 saturated carbocycles. The Labute approximate surface area is 419 Å². The Kier molecular flexibility index (Phi) is 8.66. The maximum atomic E-state index is 6.62. The van der Waals surface area contributed by atoms with Crippen LogP contribution >= 0.6 is 0 Å². The second kappa shape index (κ2) is 15.3. The summed E-state index contributed by atoms with van der Waals surface area (Å²) in [5.41, 5.74) is 27.2. The number of anilines is 3. The van der Waals surface area contributed by atoms with Crippen molar-refractivity contribution >= 4 is 39.0 Å². The fourth-order valence-electron chi connectivity index (χ4n) is 13.3. The largest absolute Gasteiger partial charge is 0.456 e. The zero-order valence-corrected chi connectivity index (χ0v) is 40.0. The first-order valence-corrected chi connectivity index (χ1v) is 25.2. The van der Waals surface area contributed by atoms with Crippen molar-refractivity contribution in [2.24, 2.45) is 0 Å². The summed E-state index contributed by atoms with van der Waals surface area (Å²) in [6.07, 6.45) is 0. The number of hydrogen-bond acceptors (Lipinski definition) is 2. The van der Waals surface area contributed by atoms with Crippen molar-refractivity contribution in [2.75, 3.05) is 4.90 Å². The van der Waals surface area contributed by atoms with E-state index in [0.717, 1.165) is 50.1 Å². The first kappa shape index (κ1) is 40.9. The standard InChI is InChI=1S/C70H47NO/c1-69(2)57-29-14-11-26-53(57)67-65-54-27-12-17-32-60(54)70(58-30-15-9-24-51(58)52-25-10-16-31-59(52)70)61(65)43-56(68(67)69)48-40-47(45-22-7-4-8-23-45)41-50(42-48)71(49-38-36-46(37-39-49)44-20-5-3-6-21-44)62-33-19-35-64-66(62)55-28-13-18-34-63(55)72-64/h3-43H,1-2H3. The molecule has 0 aliphatic heterocycles. The summed E-state index contributed by atoms with van der Waals surface area (Å²) in [6, 6.07) is 92.3. The second-order valence-corrected chi connectivity index (χ2v) is 20.3. The van der Waals surface area contributed by atoms with Gasteiger partial charge < -0.3 is 9.32 Å². The minimum atomic E-state index is -0.519. The first-order chi connectivity index (χ1) is 35.5. The lowest BCUT2D eigenvalue weighted by atomic mass is 9.69. The van der Waals surface area contributed by atoms with Gasteiger partial charge in [0.25, 0.3) is 0 Å². The van der Waals surface area contributed by atoms with E-state index in [9.17, 15) is 0 Å². The molecule has 0 saturated heterocycles. The van der Waals surface area contributed by atoms with Gasteiger partial charge in [-0.05, 0) is 155 Å². The molecular weight excluding hydrogens is 871 g/mol. The molecule has 0 unspecified atom stereocenters. The zero-order valence-electron chi connectivity index (χ0n) is 40.0. The molecule has 3 aliphatic rings. The van der Waals surface area contributed by atoms with Gasteiger partial charge in [0.2, 0.25) is 0 Å². The van der Waals surface area contributed by atoms with E-state index in [2.05, 4.69) is 267 Å². The van der Waals surface area contributed by atoms with Gasteiger partial charge in [0.1, 0.15) is 11.2 Å². The summed E-state index contributed by atoms with van der Waals surface area (Å²) in [6.45, 7) is 4.88. The van der Waals surface area contributed by atoms with Crippen molar-refractivity contribution in [3.63, 3.8) is 0 Å². The lowest BCUT2D eigenvalue weighted by Gasteiger charge is -2.32. The molecule has 72 heavy (non-hydrogen) atoms. The lowest BCUT2D eigenvalue weighted by Crippen LogP contribution is -2.26. The molecule has 338 valence electrons. The quantitative estimate of drug-likeness (QED) is 0.165. The first-order valence-electron chi connectivity index (χ1n) is 25.2. The van der Waals surface area contributed by atoms with Crippen LogP contribution in [0.4, 0.5) is 17.1 Å². The SMILES string of the molecule is CC1(C)c2ccccc2-c2c3c(cc(-c4cc(-c5ccccc5)cc(N(c5ccc(-c6ccccc6)cc5)c5cccc6oc7ccccc7c56)c4)c21)C1(c2ccccc2-c2ccccc21)c1ccccc1-3. The summed E-state index contributed by atoms with van der Waals surface area (Å²) < 4.78 is 6.62. The van der Waals surface area contributed by atoms with Crippen LogP contribution in [-0.4, -0.2) is 0 Å². The number of hydrogen-bond donors (Lipinski definition) is 0. The third kappa shape index (κ3) is 5.61. The Bertz CT molecular complexity index is 4130. The Morgan fingerprint density at radius 2 is 0.847 bits per heavy atom. The Morgan fingerprint density at radius 3 is 1.53 bits per heavy atom. The highest BCUT2D eigenvalue weighted by atomic mass is 16.3. The van der Waals surface area contributed by atoms with E-state index in [1.807, 2.05) is 0 Å². The van der Waals surface area contributed by atoms with Gasteiger partial charge in [-0.15, -0.1) is 0 Å². The monoisotopic (exact) mass is 917 g/mol. The Morgan fingerprint density at radius 1 is 0.333 bits per heavy atom. The van der Waals surface area contributed by atoms with Gasteiger partial charge in [0.05, 0.1) is 16.5 Å². The predicted octanol–water partition coefficient (Wildman–Crippen LogP) is 18.7. The molecule has 11 aromatic carbocycles. The average Bonchev–Trinajstić information content (AvgIpc) is 4.14. The van der Waals surface area contributed by atoms with E-state index in [0.29, 0.717) is 0 Å². The number of furan rings is 1. The van der Waals surface area contributed by atoms with Gasteiger partial charge in [-0.3, -0.25) is 0 Å². The summed E-state index contributed by atoms with van der Waals surface area (Å²) in [4.78, 5) is 2.46. The molecule has 0 fully saturated rings. The molecule has 0 amide bonds. The van der Waals surface area contributed by atoms with Crippen molar-refractivity contribution in [1.82, 2.24) is 0 Å². The molecule has 0 radical (unpaired) electrons. The summed E-state index contributed by atoms with van der Waals surface area (Å²) in [5.74, 6) is 0. The Balaban J connectivity index is 1.06. The molecule has 2 heteroatoms. The van der Waals surface area contributed by atoms with Crippen LogP contribution in [-0.2, 0) is 10.8 Å². The van der Waals surface area contributed by atoms with Crippen LogP contribution in [0.5, 0.6) is 0 Å². The highest BCUT2D eigenvalue weighted by Crippen LogP contribution is 2.67. The number of benzene rings is 11. The van der Waals surface area contributed by atoms with Crippen molar-refractivity contribution in [3.8, 4) is 66.8 Å². The van der Waals surface area contributed by atoms with Gasteiger partial charge in [-0.25, -0.2) is 0 Å². The fraction of sp³-hybridized carbons (Fsp3) is 0.0571. The van der Waals surface area contributed by atoms with Crippen LogP contribution in [0, 0.1) is 0 Å². The number of rotatable bonds is 6. The molecule has 1 heterocycles. The smallest absolute Gasteiger partial charge is 0.137 e. The molecule has 1 spiro atoms. The highest BCUT2D eigenvalue weighted by Gasteiger charge is 2.54. The van der Waals surface area contributed by atoms with Gasteiger partial charge in [0, 0.05) is 22.2 Å². The molecule has 0 N–H and O–H groups in total. The fourth-order valence-corrected chi connectivity index (χ4v) is 13.3. The maximum Gasteiger partial charge on any atom is 0.137 e. The minimum absolute atomic E-state index is 0.316. The predicted molar refractivity (Wildman–Crippen MR) is 299 cm³/mol. The van der Waals surface area contributed by atoms with Crippen LogP contribution in [0.3, 0.4) is 0 Å². The topological polar surface area (TPSA) is 16.4 Å². The molecule has 3 aliphatic carbocycles. The van der Waals surface area contributed by atoms with E-state index < -0.39 is 5.41 Å². The van der Waals surface area contributed by atoms with Gasteiger partial charge in [-0.2, -0.15) is 0 Å². The number of para-hydroxylation sites is 1. The highest BCUT2D eigenvalue weighted by molar-refractivity contribution is 6.14. The summed E-state index contributed by atoms with van der Waals surface area (Å²) in [7, 11) is 0. The van der Waals surface area contributed by atoms with Crippen molar-refractivity contribution in [1.29, 1.82) is 0 Å². The molecule has 2 nitrogen and oxygen atoms in total. The summed E-state index contributed by atoms with van der Waals surface area (Å²) in [5, 5.41) is 2.17. The number of fused-ring (bicyclic) bond motifs is 17. The number of nitrogens with zero attached hydrogens (tertiary/aromatic N) is 1. The van der Waals surface area contributed by atoms with Crippen LogP contribution in [0.25, 0.3) is 88.7 Å². The third-order valence-corrected chi connectivity index (χ3v) is 16.2. The van der Waals surface area contributed by atoms with Crippen LogP contribution in [0.2, 0.25) is 0 Å². The van der Waals surface area contributed by atoms with E-state index >= 15 is 0 Å². The molecule has 0 bridgehead atoms. The summed E-state index contributed by atoms with van der Waals surface area (Å²) >= 11 is 0. The molecule has 15 rings (SSSR count). The Hall–Kier alpha value is -8.98. The van der Waals surface area contributed by atoms with Crippen molar-refractivity contribution in [2.45, 2.75) is 24.7 Å². The lowest BCUT2D eigenvalue weighted by molar-refractivity contribution is 0.661. The van der Waals surface area contributed by atoms with E-state index in [-0.39, 0.29) is 5.41 Å². The van der Waals surface area contributed by atoms with Gasteiger partial charge in [-0.1, -0.05) is 208 Å². The van der Waals surface area contributed by atoms with E-state index in [1.165, 1.54) is 89.0 Å². The molecule has 12 aromatic rings. The average molecular weight is 918 g/mol.